The molecule has 2 aromatic rings. The van der Waals surface area contributed by atoms with Gasteiger partial charge in [-0.25, -0.2) is 10.4 Å². The monoisotopic (exact) mass is 434 g/mol. The molecule has 0 spiro atoms. The van der Waals surface area contributed by atoms with Gasteiger partial charge in [-0.15, -0.1) is 0 Å². The van der Waals surface area contributed by atoms with E-state index in [1.165, 1.54) is 16.8 Å². The number of rotatable bonds is 6. The molecule has 1 saturated heterocycles. The Kier molecular flexibility index (Phi) is 5.96. The van der Waals surface area contributed by atoms with Crippen LogP contribution in [0.2, 0.25) is 0 Å². The van der Waals surface area contributed by atoms with E-state index in [2.05, 4.69) is 48.7 Å². The number of amides is 1. The molecule has 0 saturated carbocycles. The van der Waals surface area contributed by atoms with E-state index in [1.807, 2.05) is 24.4 Å². The van der Waals surface area contributed by atoms with E-state index in [0.29, 0.717) is 19.5 Å². The molecule has 3 aliphatic heterocycles. The summed E-state index contributed by atoms with van der Waals surface area (Å²) in [7, 11) is 1.73. The first-order valence-corrected chi connectivity index (χ1v) is 11.3. The number of hydrogen-bond acceptors (Lipinski definition) is 7. The molecule has 8 nitrogen and oxygen atoms in total. The van der Waals surface area contributed by atoms with Gasteiger partial charge in [0.15, 0.2) is 5.82 Å². The molecule has 0 unspecified atom stereocenters. The fourth-order valence-electron chi connectivity index (χ4n) is 4.80. The predicted octanol–water partition coefficient (Wildman–Crippen LogP) is 1.51. The Bertz CT molecular complexity index is 1020. The second-order valence-electron chi connectivity index (χ2n) is 8.40. The van der Waals surface area contributed by atoms with Crippen molar-refractivity contribution in [2.75, 3.05) is 69.4 Å². The van der Waals surface area contributed by atoms with Gasteiger partial charge in [-0.05, 0) is 35.4 Å². The van der Waals surface area contributed by atoms with E-state index < -0.39 is 0 Å². The summed E-state index contributed by atoms with van der Waals surface area (Å²) in [6.07, 6.45) is 2.30. The second kappa shape index (κ2) is 9.18. The van der Waals surface area contributed by atoms with Gasteiger partial charge in [-0.3, -0.25) is 14.7 Å². The summed E-state index contributed by atoms with van der Waals surface area (Å²) in [4.78, 5) is 21.4. The number of methoxy groups -OCH3 is 1. The zero-order valence-corrected chi connectivity index (χ0v) is 18.5. The molecule has 4 heterocycles. The summed E-state index contributed by atoms with van der Waals surface area (Å²) >= 11 is 0. The van der Waals surface area contributed by atoms with Crippen LogP contribution >= 0.6 is 0 Å². The fraction of sp³-hybridized carbons (Fsp3) is 0.417. The van der Waals surface area contributed by atoms with Crippen LogP contribution in [0.3, 0.4) is 0 Å². The van der Waals surface area contributed by atoms with Gasteiger partial charge in [0.1, 0.15) is 5.75 Å². The Morgan fingerprint density at radius 3 is 2.81 bits per heavy atom. The van der Waals surface area contributed by atoms with Crippen LogP contribution in [0.25, 0.3) is 5.57 Å². The highest BCUT2D eigenvalue weighted by Gasteiger charge is 2.29. The summed E-state index contributed by atoms with van der Waals surface area (Å²) in [6, 6.07) is 12.3. The third-order valence-corrected chi connectivity index (χ3v) is 6.51. The highest BCUT2D eigenvalue weighted by atomic mass is 16.5. The number of hydrazine groups is 1. The van der Waals surface area contributed by atoms with Crippen molar-refractivity contribution in [3.8, 4) is 5.75 Å². The van der Waals surface area contributed by atoms with Crippen molar-refractivity contribution < 1.29 is 9.53 Å². The van der Waals surface area contributed by atoms with Gasteiger partial charge < -0.3 is 15.0 Å². The summed E-state index contributed by atoms with van der Waals surface area (Å²) in [6.45, 7) is 7.10. The first-order valence-electron chi connectivity index (χ1n) is 11.3. The van der Waals surface area contributed by atoms with Crippen LogP contribution in [0.5, 0.6) is 5.75 Å². The molecule has 32 heavy (non-hydrogen) atoms. The molecule has 1 amide bonds. The number of hydrogen-bond donors (Lipinski definition) is 2. The van der Waals surface area contributed by atoms with Crippen LogP contribution in [0, 0.1) is 0 Å². The zero-order chi connectivity index (χ0) is 21.9. The first kappa shape index (κ1) is 20.8. The largest absolute Gasteiger partial charge is 0.495 e. The molecule has 2 N–H and O–H groups in total. The average Bonchev–Trinajstić information content (AvgIpc) is 2.84. The second-order valence-corrected chi connectivity index (χ2v) is 8.40. The third kappa shape index (κ3) is 4.16. The van der Waals surface area contributed by atoms with Crippen molar-refractivity contribution in [2.24, 2.45) is 0 Å². The van der Waals surface area contributed by atoms with Crippen molar-refractivity contribution >= 4 is 23.0 Å². The molecule has 0 atom stereocenters. The lowest BCUT2D eigenvalue weighted by Gasteiger charge is -2.38. The van der Waals surface area contributed by atoms with E-state index in [4.69, 9.17) is 4.74 Å². The number of nitrogens with one attached hydrogen (secondary N) is 2. The third-order valence-electron chi connectivity index (χ3n) is 6.51. The Balaban J connectivity index is 1.16. The maximum atomic E-state index is 11.9. The van der Waals surface area contributed by atoms with E-state index in [9.17, 15) is 4.79 Å². The van der Waals surface area contributed by atoms with Crippen LogP contribution in [-0.4, -0.2) is 75.3 Å². The van der Waals surface area contributed by atoms with Gasteiger partial charge in [-0.1, -0.05) is 12.1 Å². The summed E-state index contributed by atoms with van der Waals surface area (Å²) in [5.41, 5.74) is 8.26. The van der Waals surface area contributed by atoms with E-state index >= 15 is 0 Å². The van der Waals surface area contributed by atoms with Crippen LogP contribution in [-0.2, 0) is 4.79 Å². The topological polar surface area (TPSA) is 73.0 Å². The standard InChI is InChI=1S/C24H30N6O2/c1-32-22-7-3-2-6-21(22)29-13-11-28(12-14-29)10-9-27-30-17-18-15-23(31)26-16-20(18)19-5-4-8-25-24(19)30/h2-8,27H,9-17H2,1H3,(H,26,31). The molecule has 8 heteroatoms. The highest BCUT2D eigenvalue weighted by molar-refractivity contribution is 5.91. The number of aromatic nitrogens is 1. The molecule has 1 aromatic carbocycles. The molecule has 0 bridgehead atoms. The lowest BCUT2D eigenvalue weighted by molar-refractivity contribution is -0.120. The van der Waals surface area contributed by atoms with Crippen molar-refractivity contribution in [1.29, 1.82) is 0 Å². The van der Waals surface area contributed by atoms with Gasteiger partial charge in [0.2, 0.25) is 5.91 Å². The predicted molar refractivity (Wildman–Crippen MR) is 126 cm³/mol. The van der Waals surface area contributed by atoms with E-state index in [1.54, 1.807) is 7.11 Å². The molecular formula is C24H30N6O2. The fourth-order valence-corrected chi connectivity index (χ4v) is 4.80. The number of carbonyl (C=O) groups is 1. The molecule has 1 fully saturated rings. The summed E-state index contributed by atoms with van der Waals surface area (Å²) in [5, 5.41) is 5.07. The van der Waals surface area contributed by atoms with Gasteiger partial charge in [0, 0.05) is 57.6 Å². The average molecular weight is 435 g/mol. The Morgan fingerprint density at radius 2 is 1.97 bits per heavy atom. The maximum absolute atomic E-state index is 11.9. The minimum atomic E-state index is 0.101. The quantitative estimate of drug-likeness (QED) is 0.714. The number of carbonyl (C=O) groups excluding carboxylic acids is 1. The van der Waals surface area contributed by atoms with Crippen molar-refractivity contribution in [2.45, 2.75) is 6.42 Å². The number of benzene rings is 1. The van der Waals surface area contributed by atoms with Crippen molar-refractivity contribution in [1.82, 2.24) is 20.6 Å². The Hall–Kier alpha value is -3.10. The lowest BCUT2D eigenvalue weighted by Crippen LogP contribution is -2.51. The minimum absolute atomic E-state index is 0.101. The lowest BCUT2D eigenvalue weighted by atomic mass is 9.92. The zero-order valence-electron chi connectivity index (χ0n) is 18.5. The van der Waals surface area contributed by atoms with Gasteiger partial charge in [-0.2, -0.15) is 0 Å². The summed E-state index contributed by atoms with van der Waals surface area (Å²) in [5.74, 6) is 1.98. The Morgan fingerprint density at radius 1 is 1.12 bits per heavy atom. The van der Waals surface area contributed by atoms with Crippen LogP contribution in [0.15, 0.2) is 48.2 Å². The minimum Gasteiger partial charge on any atom is -0.495 e. The van der Waals surface area contributed by atoms with Gasteiger partial charge in [0.05, 0.1) is 25.8 Å². The number of para-hydroxylation sites is 2. The molecule has 5 rings (SSSR count). The smallest absolute Gasteiger partial charge is 0.224 e. The molecule has 3 aliphatic rings. The Labute approximate surface area is 188 Å². The van der Waals surface area contributed by atoms with Gasteiger partial charge >= 0.3 is 0 Å². The van der Waals surface area contributed by atoms with Crippen LogP contribution in [0.4, 0.5) is 11.5 Å². The van der Waals surface area contributed by atoms with Gasteiger partial charge in [0.25, 0.3) is 0 Å². The number of anilines is 2. The maximum Gasteiger partial charge on any atom is 0.224 e. The SMILES string of the molecule is COc1ccccc1N1CCN(CCNN2CC3=C(CNC(=O)C3)c3cccnc32)CC1. The van der Waals surface area contributed by atoms with Crippen molar-refractivity contribution in [3.63, 3.8) is 0 Å². The first-order chi connectivity index (χ1) is 15.7. The van der Waals surface area contributed by atoms with E-state index in [-0.39, 0.29) is 5.91 Å². The molecule has 0 radical (unpaired) electrons. The molecule has 0 aliphatic carbocycles. The molecule has 168 valence electrons. The number of fused-ring (bicyclic) bond motifs is 2. The van der Waals surface area contributed by atoms with Crippen molar-refractivity contribution in [3.05, 3.63) is 53.7 Å². The molecule has 1 aromatic heterocycles. The number of pyridine rings is 1. The number of ether oxygens (including phenoxy) is 1. The normalized spacial score (nSPS) is 18.8. The number of nitrogens with zero attached hydrogens (tertiary/aromatic N) is 4. The molecular weight excluding hydrogens is 404 g/mol. The van der Waals surface area contributed by atoms with Crippen LogP contribution in [0.1, 0.15) is 12.0 Å². The highest BCUT2D eigenvalue weighted by Crippen LogP contribution is 2.34. The number of piperazine rings is 1. The van der Waals surface area contributed by atoms with Crippen LogP contribution < -0.4 is 25.4 Å². The van der Waals surface area contributed by atoms with E-state index in [0.717, 1.165) is 56.4 Å². The summed E-state index contributed by atoms with van der Waals surface area (Å²) < 4.78 is 5.53.